The van der Waals surface area contributed by atoms with Crippen LogP contribution >= 0.6 is 27.3 Å². The molecule has 0 aliphatic rings. The largest absolute Gasteiger partial charge is 0.493 e. The van der Waals surface area contributed by atoms with Gasteiger partial charge in [-0.25, -0.2) is 0 Å². The number of thiophene rings is 1. The maximum atomic E-state index is 5.69. The first-order chi connectivity index (χ1) is 10.2. The lowest BCUT2D eigenvalue weighted by Crippen LogP contribution is -2.38. The van der Waals surface area contributed by atoms with Crippen molar-refractivity contribution in [3.63, 3.8) is 0 Å². The number of hydrogen-bond donors (Lipinski definition) is 2. The summed E-state index contributed by atoms with van der Waals surface area (Å²) in [6, 6.07) is 8.25. The van der Waals surface area contributed by atoms with Gasteiger partial charge in [0.25, 0.3) is 0 Å². The highest BCUT2D eigenvalue weighted by molar-refractivity contribution is 9.10. The summed E-state index contributed by atoms with van der Waals surface area (Å²) in [4.78, 5) is 1.30. The molecule has 1 unspecified atom stereocenters. The topological polar surface area (TPSA) is 56.5 Å². The van der Waals surface area contributed by atoms with E-state index >= 15 is 0 Å². The minimum Gasteiger partial charge on any atom is -0.493 e. The molecule has 0 bridgehead atoms. The van der Waals surface area contributed by atoms with Gasteiger partial charge in [0.2, 0.25) is 0 Å². The molecular formula is C15H19BrN2O2S. The van der Waals surface area contributed by atoms with Crippen LogP contribution in [0.1, 0.15) is 10.4 Å². The predicted molar refractivity (Wildman–Crippen MR) is 90.1 cm³/mol. The molecule has 1 heterocycles. The monoisotopic (exact) mass is 370 g/mol. The molecule has 2 aromatic rings. The summed E-state index contributed by atoms with van der Waals surface area (Å²) >= 11 is 5.20. The zero-order chi connectivity index (χ0) is 15.2. The Balaban J connectivity index is 2.07. The third-order valence-electron chi connectivity index (χ3n) is 3.24. The summed E-state index contributed by atoms with van der Waals surface area (Å²) < 4.78 is 11.7. The average Bonchev–Trinajstić information content (AvgIpc) is 2.91. The van der Waals surface area contributed by atoms with Gasteiger partial charge >= 0.3 is 0 Å². The van der Waals surface area contributed by atoms with E-state index in [1.54, 1.807) is 25.6 Å². The number of rotatable bonds is 7. The summed E-state index contributed by atoms with van der Waals surface area (Å²) in [5.41, 5.74) is 4.05. The third kappa shape index (κ3) is 4.44. The molecule has 0 saturated heterocycles. The normalized spacial score (nSPS) is 12.2. The number of hydrogen-bond acceptors (Lipinski definition) is 5. The van der Waals surface area contributed by atoms with Gasteiger partial charge in [-0.05, 0) is 52.5 Å². The molecule has 1 atom stereocenters. The fraction of sp³-hybridized carbons (Fsp3) is 0.333. The highest BCUT2D eigenvalue weighted by Crippen LogP contribution is 2.28. The molecule has 0 spiro atoms. The fourth-order valence-corrected chi connectivity index (χ4v) is 3.72. The fourth-order valence-electron chi connectivity index (χ4n) is 2.19. The van der Waals surface area contributed by atoms with Crippen molar-refractivity contribution >= 4 is 27.3 Å². The molecule has 0 fully saturated rings. The lowest BCUT2D eigenvalue weighted by atomic mass is 10.0. The lowest BCUT2D eigenvalue weighted by Gasteiger charge is -2.16. The maximum absolute atomic E-state index is 5.69. The smallest absolute Gasteiger partial charge is 0.160 e. The zero-order valence-corrected chi connectivity index (χ0v) is 14.5. The van der Waals surface area contributed by atoms with E-state index in [1.807, 2.05) is 18.2 Å². The van der Waals surface area contributed by atoms with Crippen LogP contribution in [0, 0.1) is 0 Å². The Bertz CT molecular complexity index is 589. The Labute approximate surface area is 137 Å². The third-order valence-corrected chi connectivity index (χ3v) is 4.96. The van der Waals surface area contributed by atoms with Gasteiger partial charge in [-0.3, -0.25) is 11.3 Å². The van der Waals surface area contributed by atoms with Crippen molar-refractivity contribution in [2.24, 2.45) is 5.84 Å². The Morgan fingerprint density at radius 3 is 2.52 bits per heavy atom. The van der Waals surface area contributed by atoms with Crippen LogP contribution in [0.5, 0.6) is 11.5 Å². The number of nitrogens with two attached hydrogens (primary N) is 1. The van der Waals surface area contributed by atoms with Crippen molar-refractivity contribution in [1.82, 2.24) is 5.43 Å². The molecule has 6 heteroatoms. The number of nitrogens with one attached hydrogen (secondary N) is 1. The number of halogens is 1. The molecule has 0 radical (unpaired) electrons. The molecule has 1 aromatic heterocycles. The van der Waals surface area contributed by atoms with Crippen molar-refractivity contribution in [3.05, 3.63) is 44.6 Å². The Morgan fingerprint density at radius 2 is 1.95 bits per heavy atom. The van der Waals surface area contributed by atoms with E-state index in [-0.39, 0.29) is 6.04 Å². The molecule has 0 aliphatic carbocycles. The number of hydrazine groups is 1. The first-order valence-corrected chi connectivity index (χ1v) is 8.23. The van der Waals surface area contributed by atoms with E-state index < -0.39 is 0 Å². The second kappa shape index (κ2) is 7.79. The second-order valence-corrected chi connectivity index (χ2v) is 6.60. The number of ether oxygens (including phenoxy) is 2. The highest BCUT2D eigenvalue weighted by Gasteiger charge is 2.12. The number of methoxy groups -OCH3 is 2. The van der Waals surface area contributed by atoms with Crippen LogP contribution in [0.25, 0.3) is 0 Å². The van der Waals surface area contributed by atoms with Crippen molar-refractivity contribution in [3.8, 4) is 11.5 Å². The molecule has 114 valence electrons. The Hall–Kier alpha value is -1.08. The molecule has 21 heavy (non-hydrogen) atoms. The van der Waals surface area contributed by atoms with Gasteiger partial charge in [-0.15, -0.1) is 11.3 Å². The van der Waals surface area contributed by atoms with E-state index in [0.29, 0.717) is 0 Å². The van der Waals surface area contributed by atoms with Gasteiger partial charge in [0, 0.05) is 20.8 Å². The van der Waals surface area contributed by atoms with Crippen LogP contribution in [0.2, 0.25) is 0 Å². The Morgan fingerprint density at radius 1 is 1.19 bits per heavy atom. The molecule has 0 aliphatic heterocycles. The van der Waals surface area contributed by atoms with E-state index in [1.165, 1.54) is 4.88 Å². The van der Waals surface area contributed by atoms with Crippen molar-refractivity contribution in [2.75, 3.05) is 14.2 Å². The molecule has 0 saturated carbocycles. The van der Waals surface area contributed by atoms with Crippen LogP contribution in [-0.2, 0) is 12.8 Å². The second-order valence-electron chi connectivity index (χ2n) is 4.69. The van der Waals surface area contributed by atoms with Gasteiger partial charge in [-0.1, -0.05) is 6.07 Å². The van der Waals surface area contributed by atoms with Crippen molar-refractivity contribution < 1.29 is 9.47 Å². The summed E-state index contributed by atoms with van der Waals surface area (Å²) in [6.45, 7) is 0. The minimum absolute atomic E-state index is 0.175. The minimum atomic E-state index is 0.175. The molecule has 3 N–H and O–H groups in total. The average molecular weight is 371 g/mol. The SMILES string of the molecule is COc1ccc(CC(Cc2cc(Br)cs2)NN)cc1OC. The van der Waals surface area contributed by atoms with E-state index in [0.717, 1.165) is 34.4 Å². The standard InChI is InChI=1S/C15H19BrN2O2S/c1-19-14-4-3-10(6-15(14)20-2)5-12(18-17)8-13-7-11(16)9-21-13/h3-4,6-7,9,12,18H,5,8,17H2,1-2H3. The van der Waals surface area contributed by atoms with Gasteiger partial charge in [0.15, 0.2) is 11.5 Å². The molecular weight excluding hydrogens is 352 g/mol. The zero-order valence-electron chi connectivity index (χ0n) is 12.1. The highest BCUT2D eigenvalue weighted by atomic mass is 79.9. The van der Waals surface area contributed by atoms with E-state index in [9.17, 15) is 0 Å². The van der Waals surface area contributed by atoms with Crippen molar-refractivity contribution in [1.29, 1.82) is 0 Å². The van der Waals surface area contributed by atoms with E-state index in [4.69, 9.17) is 15.3 Å². The molecule has 1 aromatic carbocycles. The summed E-state index contributed by atoms with van der Waals surface area (Å²) in [6.07, 6.45) is 1.72. The van der Waals surface area contributed by atoms with Gasteiger partial charge in [0.1, 0.15) is 0 Å². The summed E-state index contributed by atoms with van der Waals surface area (Å²) in [5, 5.41) is 2.08. The quantitative estimate of drug-likeness (QED) is 0.580. The first-order valence-electron chi connectivity index (χ1n) is 6.56. The summed E-state index contributed by atoms with van der Waals surface area (Å²) in [5.74, 6) is 7.17. The molecule has 4 nitrogen and oxygen atoms in total. The van der Waals surface area contributed by atoms with Crippen LogP contribution in [0.3, 0.4) is 0 Å². The molecule has 2 rings (SSSR count). The lowest BCUT2D eigenvalue weighted by molar-refractivity contribution is 0.354. The van der Waals surface area contributed by atoms with Crippen LogP contribution in [-0.4, -0.2) is 20.3 Å². The first kappa shape index (κ1) is 16.3. The van der Waals surface area contributed by atoms with Crippen molar-refractivity contribution in [2.45, 2.75) is 18.9 Å². The summed E-state index contributed by atoms with van der Waals surface area (Å²) in [7, 11) is 3.28. The van der Waals surface area contributed by atoms with Gasteiger partial charge in [0.05, 0.1) is 14.2 Å². The van der Waals surface area contributed by atoms with Gasteiger partial charge < -0.3 is 9.47 Å². The van der Waals surface area contributed by atoms with Crippen LogP contribution < -0.4 is 20.7 Å². The van der Waals surface area contributed by atoms with E-state index in [2.05, 4.69) is 32.8 Å². The maximum Gasteiger partial charge on any atom is 0.160 e. The molecule has 0 amide bonds. The van der Waals surface area contributed by atoms with Gasteiger partial charge in [-0.2, -0.15) is 0 Å². The Kier molecular flexibility index (Phi) is 6.05. The van der Waals surface area contributed by atoms with Crippen LogP contribution in [0.15, 0.2) is 34.1 Å². The number of benzene rings is 1. The van der Waals surface area contributed by atoms with Crippen LogP contribution in [0.4, 0.5) is 0 Å². The predicted octanol–water partition coefficient (Wildman–Crippen LogP) is 3.14.